The van der Waals surface area contributed by atoms with E-state index in [2.05, 4.69) is 9.98 Å². The first-order valence-electron chi connectivity index (χ1n) is 5.57. The van der Waals surface area contributed by atoms with Crippen molar-refractivity contribution in [2.24, 2.45) is 16.5 Å². The number of nitrogens with zero attached hydrogens (tertiary/aromatic N) is 2. The molecule has 0 atom stereocenters. The highest BCUT2D eigenvalue weighted by Crippen LogP contribution is 2.20. The molecule has 0 amide bonds. The SMILES string of the molecule is NC(N)=NCc1ccc(Oc2cccc(F)c2)nc1. The normalized spacial score (nSPS) is 9.95. The predicted octanol–water partition coefficient (Wildman–Crippen LogP) is 1.79. The van der Waals surface area contributed by atoms with E-state index >= 15 is 0 Å². The maximum atomic E-state index is 13.0. The van der Waals surface area contributed by atoms with Gasteiger partial charge in [0.2, 0.25) is 5.88 Å². The molecule has 0 bridgehead atoms. The van der Waals surface area contributed by atoms with Gasteiger partial charge in [0.1, 0.15) is 11.6 Å². The third-order valence-electron chi connectivity index (χ3n) is 2.26. The largest absolute Gasteiger partial charge is 0.439 e. The molecule has 0 fully saturated rings. The lowest BCUT2D eigenvalue weighted by atomic mass is 10.3. The van der Waals surface area contributed by atoms with Crippen molar-refractivity contribution in [3.8, 4) is 11.6 Å². The van der Waals surface area contributed by atoms with Gasteiger partial charge in [-0.25, -0.2) is 14.4 Å². The van der Waals surface area contributed by atoms with Crippen molar-refractivity contribution in [3.63, 3.8) is 0 Å². The van der Waals surface area contributed by atoms with Gasteiger partial charge in [0, 0.05) is 18.3 Å². The topological polar surface area (TPSA) is 86.5 Å². The molecule has 1 aromatic heterocycles. The Kier molecular flexibility index (Phi) is 3.92. The molecule has 2 rings (SSSR count). The van der Waals surface area contributed by atoms with Gasteiger partial charge in [-0.3, -0.25) is 0 Å². The molecule has 2 aromatic rings. The Labute approximate surface area is 109 Å². The van der Waals surface area contributed by atoms with Gasteiger partial charge in [-0.1, -0.05) is 12.1 Å². The molecule has 0 unspecified atom stereocenters. The molecule has 0 radical (unpaired) electrons. The minimum atomic E-state index is -0.359. The van der Waals surface area contributed by atoms with E-state index in [0.29, 0.717) is 18.2 Å². The van der Waals surface area contributed by atoms with Crippen LogP contribution in [-0.4, -0.2) is 10.9 Å². The Balaban J connectivity index is 2.04. The van der Waals surface area contributed by atoms with Crippen molar-refractivity contribution in [3.05, 3.63) is 54.0 Å². The Morgan fingerprint density at radius 2 is 2.11 bits per heavy atom. The Hall–Kier alpha value is -2.63. The van der Waals surface area contributed by atoms with Crippen LogP contribution in [0.25, 0.3) is 0 Å². The fourth-order valence-electron chi connectivity index (χ4n) is 1.40. The molecule has 0 aliphatic heterocycles. The quantitative estimate of drug-likeness (QED) is 0.648. The highest BCUT2D eigenvalue weighted by molar-refractivity contribution is 5.75. The molecule has 0 aliphatic rings. The maximum Gasteiger partial charge on any atom is 0.219 e. The summed E-state index contributed by atoms with van der Waals surface area (Å²) in [6.45, 7) is 0.357. The number of hydrogen-bond acceptors (Lipinski definition) is 3. The van der Waals surface area contributed by atoms with Crippen molar-refractivity contribution in [1.29, 1.82) is 0 Å². The second-order valence-electron chi connectivity index (χ2n) is 3.81. The standard InChI is InChI=1S/C13H13FN4O/c14-10-2-1-3-11(6-10)19-12-5-4-9(7-17-12)8-18-13(15)16/h1-7H,8H2,(H4,15,16,18). The number of pyridine rings is 1. The van der Waals surface area contributed by atoms with Gasteiger partial charge in [-0.05, 0) is 17.7 Å². The summed E-state index contributed by atoms with van der Waals surface area (Å²) in [5.41, 5.74) is 11.3. The van der Waals surface area contributed by atoms with Crippen LogP contribution >= 0.6 is 0 Å². The lowest BCUT2D eigenvalue weighted by Crippen LogP contribution is -2.22. The van der Waals surface area contributed by atoms with Crippen LogP contribution in [0.15, 0.2) is 47.6 Å². The smallest absolute Gasteiger partial charge is 0.219 e. The number of hydrogen-bond donors (Lipinski definition) is 2. The Morgan fingerprint density at radius 1 is 1.26 bits per heavy atom. The average molecular weight is 260 g/mol. The lowest BCUT2D eigenvalue weighted by molar-refractivity contribution is 0.457. The first-order chi connectivity index (χ1) is 9.13. The van der Waals surface area contributed by atoms with E-state index < -0.39 is 0 Å². The summed E-state index contributed by atoms with van der Waals surface area (Å²) in [4.78, 5) is 7.95. The van der Waals surface area contributed by atoms with Gasteiger partial charge in [-0.15, -0.1) is 0 Å². The number of nitrogens with two attached hydrogens (primary N) is 2. The molecule has 98 valence electrons. The summed E-state index contributed by atoms with van der Waals surface area (Å²) >= 11 is 0. The molecule has 0 spiro atoms. The summed E-state index contributed by atoms with van der Waals surface area (Å²) in [7, 11) is 0. The summed E-state index contributed by atoms with van der Waals surface area (Å²) in [6.07, 6.45) is 1.60. The van der Waals surface area contributed by atoms with Crippen LogP contribution in [0.3, 0.4) is 0 Å². The molecular weight excluding hydrogens is 247 g/mol. The summed E-state index contributed by atoms with van der Waals surface area (Å²) in [6, 6.07) is 9.31. The summed E-state index contributed by atoms with van der Waals surface area (Å²) in [5, 5.41) is 0. The van der Waals surface area contributed by atoms with Crippen LogP contribution in [0, 0.1) is 5.82 Å². The van der Waals surface area contributed by atoms with E-state index in [1.165, 1.54) is 12.1 Å². The lowest BCUT2D eigenvalue weighted by Gasteiger charge is -2.05. The second kappa shape index (κ2) is 5.81. The van der Waals surface area contributed by atoms with E-state index in [0.717, 1.165) is 5.56 Å². The van der Waals surface area contributed by atoms with Crippen molar-refractivity contribution < 1.29 is 9.13 Å². The van der Waals surface area contributed by atoms with E-state index in [1.807, 2.05) is 0 Å². The third-order valence-corrected chi connectivity index (χ3v) is 2.26. The van der Waals surface area contributed by atoms with E-state index in [-0.39, 0.29) is 11.8 Å². The van der Waals surface area contributed by atoms with Crippen LogP contribution in [0.4, 0.5) is 4.39 Å². The molecule has 0 saturated carbocycles. The zero-order valence-corrected chi connectivity index (χ0v) is 10.1. The molecule has 5 nitrogen and oxygen atoms in total. The molecule has 0 aliphatic carbocycles. The molecule has 4 N–H and O–H groups in total. The number of aromatic nitrogens is 1. The van der Waals surface area contributed by atoms with Crippen molar-refractivity contribution >= 4 is 5.96 Å². The number of guanidine groups is 1. The minimum absolute atomic E-state index is 0.0279. The molecule has 1 aromatic carbocycles. The van der Waals surface area contributed by atoms with Gasteiger partial charge in [0.15, 0.2) is 5.96 Å². The first kappa shape index (κ1) is 12.8. The Bertz CT molecular complexity index is 579. The highest BCUT2D eigenvalue weighted by atomic mass is 19.1. The van der Waals surface area contributed by atoms with E-state index in [1.54, 1.807) is 30.5 Å². The fraction of sp³-hybridized carbons (Fsp3) is 0.0769. The zero-order chi connectivity index (χ0) is 13.7. The molecular formula is C13H13FN4O. The molecule has 1 heterocycles. The van der Waals surface area contributed by atoms with Crippen molar-refractivity contribution in [2.45, 2.75) is 6.54 Å². The van der Waals surface area contributed by atoms with Crippen molar-refractivity contribution in [1.82, 2.24) is 4.98 Å². The van der Waals surface area contributed by atoms with Gasteiger partial charge in [0.25, 0.3) is 0 Å². The van der Waals surface area contributed by atoms with Gasteiger partial charge >= 0.3 is 0 Å². The number of rotatable bonds is 4. The zero-order valence-electron chi connectivity index (χ0n) is 10.1. The van der Waals surface area contributed by atoms with Gasteiger partial charge < -0.3 is 16.2 Å². The van der Waals surface area contributed by atoms with Crippen LogP contribution in [0.1, 0.15) is 5.56 Å². The predicted molar refractivity (Wildman–Crippen MR) is 70.2 cm³/mol. The van der Waals surface area contributed by atoms with E-state index in [9.17, 15) is 4.39 Å². The summed E-state index contributed by atoms with van der Waals surface area (Å²) in [5.74, 6) is 0.436. The van der Waals surface area contributed by atoms with Gasteiger partial charge in [-0.2, -0.15) is 0 Å². The molecule has 19 heavy (non-hydrogen) atoms. The number of ether oxygens (including phenoxy) is 1. The van der Waals surface area contributed by atoms with Crippen LogP contribution < -0.4 is 16.2 Å². The number of aliphatic imine (C=N–C) groups is 1. The van der Waals surface area contributed by atoms with Crippen molar-refractivity contribution in [2.75, 3.05) is 0 Å². The van der Waals surface area contributed by atoms with Crippen LogP contribution in [-0.2, 0) is 6.54 Å². The third kappa shape index (κ3) is 3.95. The van der Waals surface area contributed by atoms with Crippen LogP contribution in [0.5, 0.6) is 11.6 Å². The van der Waals surface area contributed by atoms with Crippen LogP contribution in [0.2, 0.25) is 0 Å². The second-order valence-corrected chi connectivity index (χ2v) is 3.81. The number of halogens is 1. The summed E-state index contributed by atoms with van der Waals surface area (Å²) < 4.78 is 18.4. The first-order valence-corrected chi connectivity index (χ1v) is 5.57. The van der Waals surface area contributed by atoms with Gasteiger partial charge in [0.05, 0.1) is 6.54 Å². The Morgan fingerprint density at radius 3 is 2.74 bits per heavy atom. The molecule has 6 heteroatoms. The average Bonchev–Trinajstić information content (AvgIpc) is 2.38. The molecule has 0 saturated heterocycles. The highest BCUT2D eigenvalue weighted by Gasteiger charge is 2.00. The fourth-order valence-corrected chi connectivity index (χ4v) is 1.40. The minimum Gasteiger partial charge on any atom is -0.439 e. The number of benzene rings is 1. The maximum absolute atomic E-state index is 13.0. The monoisotopic (exact) mass is 260 g/mol. The van der Waals surface area contributed by atoms with E-state index in [4.69, 9.17) is 16.2 Å².